The number of aryl methyl sites for hydroxylation is 3. The van der Waals surface area contributed by atoms with Crippen LogP contribution in [0.1, 0.15) is 17.9 Å². The van der Waals surface area contributed by atoms with Gasteiger partial charge < -0.3 is 15.2 Å². The Morgan fingerprint density at radius 3 is 2.63 bits per heavy atom. The molecule has 0 atom stereocenters. The van der Waals surface area contributed by atoms with Crippen molar-refractivity contribution in [2.45, 2.75) is 39.1 Å². The fourth-order valence-electron chi connectivity index (χ4n) is 4.10. The summed E-state index contributed by atoms with van der Waals surface area (Å²) < 4.78 is 13.0. The zero-order chi connectivity index (χ0) is 24.5. The van der Waals surface area contributed by atoms with Crippen LogP contribution in [0.5, 0.6) is 0 Å². The molecule has 9 nitrogen and oxygen atoms in total. The van der Waals surface area contributed by atoms with E-state index in [-0.39, 0.29) is 11.6 Å². The summed E-state index contributed by atoms with van der Waals surface area (Å²) in [6.07, 6.45) is 5.14. The molecule has 0 radical (unpaired) electrons. The molecule has 10 heteroatoms. The van der Waals surface area contributed by atoms with E-state index < -0.39 is 6.29 Å². The van der Waals surface area contributed by atoms with Crippen molar-refractivity contribution in [2.75, 3.05) is 13.2 Å². The Balaban J connectivity index is 1.55. The van der Waals surface area contributed by atoms with E-state index >= 15 is 0 Å². The first-order valence-electron chi connectivity index (χ1n) is 11.3. The van der Waals surface area contributed by atoms with Crippen molar-refractivity contribution in [3.63, 3.8) is 0 Å². The number of rotatable bonds is 5. The second kappa shape index (κ2) is 9.79. The number of hydrogen-bond donors (Lipinski definition) is 1. The highest BCUT2D eigenvalue weighted by atomic mass is 35.5. The first-order chi connectivity index (χ1) is 16.9. The molecule has 35 heavy (non-hydrogen) atoms. The number of ether oxygens (including phenoxy) is 2. The molecule has 4 heterocycles. The van der Waals surface area contributed by atoms with E-state index in [1.54, 1.807) is 42.2 Å². The van der Waals surface area contributed by atoms with Gasteiger partial charge in [0, 0.05) is 52.5 Å². The summed E-state index contributed by atoms with van der Waals surface area (Å²) >= 11 is 6.69. The first kappa shape index (κ1) is 23.5. The van der Waals surface area contributed by atoms with Crippen molar-refractivity contribution >= 4 is 22.6 Å². The van der Waals surface area contributed by atoms with Crippen LogP contribution < -0.4 is 11.3 Å². The number of fused-ring (bicyclic) bond motifs is 1. The number of halogens is 1. The van der Waals surface area contributed by atoms with Gasteiger partial charge in [0.15, 0.2) is 6.29 Å². The number of benzene rings is 1. The number of nitrogens with zero attached hydrogens (tertiary/aromatic N) is 5. The van der Waals surface area contributed by atoms with Crippen LogP contribution in [-0.4, -0.2) is 50.0 Å². The Morgan fingerprint density at radius 2 is 1.89 bits per heavy atom. The van der Waals surface area contributed by atoms with Gasteiger partial charge >= 0.3 is 0 Å². The maximum atomic E-state index is 13.7. The summed E-state index contributed by atoms with van der Waals surface area (Å²) in [4.78, 5) is 31.2. The third kappa shape index (κ3) is 4.94. The quantitative estimate of drug-likeness (QED) is 0.451. The third-order valence-corrected chi connectivity index (χ3v) is 6.15. The molecule has 5 rings (SSSR count). The van der Waals surface area contributed by atoms with Crippen LogP contribution in [0.4, 0.5) is 0 Å². The minimum atomic E-state index is -0.429. The molecule has 4 aromatic rings. The molecule has 0 saturated carbocycles. The molecule has 1 saturated heterocycles. The predicted octanol–water partition coefficient (Wildman–Crippen LogP) is 3.28. The van der Waals surface area contributed by atoms with Gasteiger partial charge in [0.1, 0.15) is 11.5 Å². The average Bonchev–Trinajstić information content (AvgIpc) is 2.84. The van der Waals surface area contributed by atoms with Crippen LogP contribution in [0.15, 0.2) is 47.7 Å². The standard InChI is InChI=1S/C25H25ClN6O3/c1-14-9-28-11-22(30-14)16-3-4-19(21(26)8-16)20-7-17-10-29-15(2)31-24(17)32(25(20)33)6-5-23-34-12-18(27)13-35-23/h3-4,7-11,18,23H,5-6,12-13,27H2,1-2H3/t18-,23-. The Hall–Kier alpha value is -3.24. The lowest BCUT2D eigenvalue weighted by atomic mass is 10.0. The van der Waals surface area contributed by atoms with Crippen LogP contribution in [0.25, 0.3) is 33.4 Å². The SMILES string of the molecule is Cc1cncc(-c2ccc(-c3cc4cnc(C)nc4n(CC[C@H]4OC[C@H](N)CO4)c3=O)c(Cl)c2)n1. The highest BCUT2D eigenvalue weighted by molar-refractivity contribution is 6.33. The molecule has 1 aromatic carbocycles. The van der Waals surface area contributed by atoms with E-state index in [1.807, 2.05) is 19.1 Å². The minimum absolute atomic E-state index is 0.135. The first-order valence-corrected chi connectivity index (χ1v) is 11.7. The van der Waals surface area contributed by atoms with Crippen molar-refractivity contribution in [3.05, 3.63) is 69.8 Å². The van der Waals surface area contributed by atoms with Crippen molar-refractivity contribution < 1.29 is 9.47 Å². The summed E-state index contributed by atoms with van der Waals surface area (Å²) in [5.41, 5.74) is 9.61. The van der Waals surface area contributed by atoms with Gasteiger partial charge in [0.2, 0.25) is 0 Å². The Bertz CT molecular complexity index is 1450. The van der Waals surface area contributed by atoms with Gasteiger partial charge in [0.25, 0.3) is 5.56 Å². The molecule has 0 bridgehead atoms. The molecule has 3 aromatic heterocycles. The molecule has 0 amide bonds. The van der Waals surface area contributed by atoms with Gasteiger partial charge in [-0.3, -0.25) is 14.3 Å². The van der Waals surface area contributed by atoms with Crippen LogP contribution in [0.2, 0.25) is 5.02 Å². The smallest absolute Gasteiger partial charge is 0.260 e. The maximum Gasteiger partial charge on any atom is 0.260 e. The van der Waals surface area contributed by atoms with Gasteiger partial charge in [-0.15, -0.1) is 0 Å². The van der Waals surface area contributed by atoms with Gasteiger partial charge in [-0.1, -0.05) is 23.7 Å². The normalized spacial score (nSPS) is 18.2. The molecule has 0 unspecified atom stereocenters. The molecule has 2 N–H and O–H groups in total. The summed E-state index contributed by atoms with van der Waals surface area (Å²) in [5.74, 6) is 0.580. The molecule has 180 valence electrons. The van der Waals surface area contributed by atoms with Crippen molar-refractivity contribution in [1.82, 2.24) is 24.5 Å². The largest absolute Gasteiger partial charge is 0.351 e. The summed E-state index contributed by atoms with van der Waals surface area (Å²) in [6.45, 7) is 4.88. The highest BCUT2D eigenvalue weighted by Gasteiger charge is 2.21. The molecular weight excluding hydrogens is 468 g/mol. The third-order valence-electron chi connectivity index (χ3n) is 5.84. The van der Waals surface area contributed by atoms with E-state index in [2.05, 4.69) is 19.9 Å². The fraction of sp³-hybridized carbons (Fsp3) is 0.320. The Kier molecular flexibility index (Phi) is 6.57. The second-order valence-corrected chi connectivity index (χ2v) is 9.00. The van der Waals surface area contributed by atoms with Gasteiger partial charge in [0.05, 0.1) is 36.8 Å². The van der Waals surface area contributed by atoms with E-state index in [0.717, 1.165) is 16.6 Å². The highest BCUT2D eigenvalue weighted by Crippen LogP contribution is 2.31. The number of hydrogen-bond acceptors (Lipinski definition) is 8. The molecule has 0 spiro atoms. The Labute approximate surface area is 206 Å². The Morgan fingerprint density at radius 1 is 1.09 bits per heavy atom. The fourth-order valence-corrected chi connectivity index (χ4v) is 4.38. The van der Waals surface area contributed by atoms with Crippen LogP contribution in [0, 0.1) is 13.8 Å². The zero-order valence-electron chi connectivity index (χ0n) is 19.4. The lowest BCUT2D eigenvalue weighted by Gasteiger charge is -2.27. The minimum Gasteiger partial charge on any atom is -0.351 e. The average molecular weight is 493 g/mol. The van der Waals surface area contributed by atoms with Crippen LogP contribution >= 0.6 is 11.6 Å². The van der Waals surface area contributed by atoms with Crippen molar-refractivity contribution in [3.8, 4) is 22.4 Å². The number of nitrogens with two attached hydrogens (primary N) is 1. The second-order valence-electron chi connectivity index (χ2n) is 8.60. The molecule has 0 aliphatic carbocycles. The summed E-state index contributed by atoms with van der Waals surface area (Å²) in [5, 5.41) is 1.18. The van der Waals surface area contributed by atoms with E-state index in [0.29, 0.717) is 59.5 Å². The van der Waals surface area contributed by atoms with E-state index in [9.17, 15) is 4.79 Å². The molecule has 1 fully saturated rings. The van der Waals surface area contributed by atoms with Gasteiger partial charge in [-0.25, -0.2) is 15.0 Å². The van der Waals surface area contributed by atoms with E-state index in [4.69, 9.17) is 26.8 Å². The lowest BCUT2D eigenvalue weighted by Crippen LogP contribution is -2.41. The van der Waals surface area contributed by atoms with Crippen LogP contribution in [-0.2, 0) is 16.0 Å². The molecule has 1 aliphatic rings. The summed E-state index contributed by atoms with van der Waals surface area (Å²) in [6, 6.07) is 7.17. The molecule has 1 aliphatic heterocycles. The van der Waals surface area contributed by atoms with Gasteiger partial charge in [-0.2, -0.15) is 0 Å². The maximum absolute atomic E-state index is 13.7. The zero-order valence-corrected chi connectivity index (χ0v) is 20.2. The van der Waals surface area contributed by atoms with Gasteiger partial charge in [-0.05, 0) is 26.0 Å². The lowest BCUT2D eigenvalue weighted by molar-refractivity contribution is -0.189. The molecular formula is C25H25ClN6O3. The van der Waals surface area contributed by atoms with E-state index in [1.165, 1.54) is 0 Å². The number of pyridine rings is 1. The topological polar surface area (TPSA) is 118 Å². The van der Waals surface area contributed by atoms with Crippen LogP contribution in [0.3, 0.4) is 0 Å². The van der Waals surface area contributed by atoms with Crippen molar-refractivity contribution in [2.24, 2.45) is 5.73 Å². The summed E-state index contributed by atoms with van der Waals surface area (Å²) in [7, 11) is 0. The predicted molar refractivity (Wildman–Crippen MR) is 133 cm³/mol. The monoisotopic (exact) mass is 492 g/mol. The van der Waals surface area contributed by atoms with Crippen molar-refractivity contribution in [1.29, 1.82) is 0 Å². The number of aromatic nitrogens is 5.